The zero-order valence-electron chi connectivity index (χ0n) is 15.5. The Balaban J connectivity index is 1.69. The van der Waals surface area contributed by atoms with Gasteiger partial charge in [-0.3, -0.25) is 0 Å². The molecule has 25 heavy (non-hydrogen) atoms. The third kappa shape index (κ3) is 4.22. The Labute approximate surface area is 150 Å². The summed E-state index contributed by atoms with van der Waals surface area (Å²) in [5.41, 5.74) is 7.38. The van der Waals surface area contributed by atoms with Gasteiger partial charge in [0.25, 0.3) is 0 Å². The van der Waals surface area contributed by atoms with Gasteiger partial charge in [0.1, 0.15) is 0 Å². The van der Waals surface area contributed by atoms with Crippen molar-refractivity contribution in [2.75, 3.05) is 5.32 Å². The summed E-state index contributed by atoms with van der Waals surface area (Å²) in [5.74, 6) is 0. The first-order valence-corrected chi connectivity index (χ1v) is 9.33. The van der Waals surface area contributed by atoms with Gasteiger partial charge in [0.15, 0.2) is 0 Å². The van der Waals surface area contributed by atoms with Crippen molar-refractivity contribution < 1.29 is 4.79 Å². The van der Waals surface area contributed by atoms with E-state index in [1.54, 1.807) is 0 Å². The Bertz CT molecular complexity index is 767. The molecule has 0 heterocycles. The second-order valence-electron chi connectivity index (χ2n) is 7.09. The molecule has 2 aromatic carbocycles. The number of carbonyl (C=O) groups excluding carboxylic acids is 1. The van der Waals surface area contributed by atoms with Crippen LogP contribution < -0.4 is 10.6 Å². The monoisotopic (exact) mass is 336 g/mol. The van der Waals surface area contributed by atoms with E-state index in [0.29, 0.717) is 0 Å². The smallest absolute Gasteiger partial charge is 0.319 e. The predicted molar refractivity (Wildman–Crippen MR) is 104 cm³/mol. The molecule has 0 saturated heterocycles. The summed E-state index contributed by atoms with van der Waals surface area (Å²) in [4.78, 5) is 12.4. The highest BCUT2D eigenvalue weighted by molar-refractivity contribution is 5.89. The van der Waals surface area contributed by atoms with Gasteiger partial charge >= 0.3 is 6.03 Å². The van der Waals surface area contributed by atoms with Crippen molar-refractivity contribution in [1.82, 2.24) is 5.32 Å². The molecular weight excluding hydrogens is 308 g/mol. The van der Waals surface area contributed by atoms with Crippen LogP contribution in [0.1, 0.15) is 60.0 Å². The molecule has 2 aromatic rings. The maximum Gasteiger partial charge on any atom is 0.319 e. The lowest BCUT2D eigenvalue weighted by Crippen LogP contribution is -2.32. The van der Waals surface area contributed by atoms with Crippen LogP contribution in [0.25, 0.3) is 0 Å². The lowest BCUT2D eigenvalue weighted by molar-refractivity contribution is 0.248. The van der Waals surface area contributed by atoms with Crippen LogP contribution in [0.4, 0.5) is 10.5 Å². The van der Waals surface area contributed by atoms with Gasteiger partial charge in [0.2, 0.25) is 0 Å². The lowest BCUT2D eigenvalue weighted by atomic mass is 9.89. The van der Waals surface area contributed by atoms with Gasteiger partial charge in [-0.1, -0.05) is 31.2 Å². The summed E-state index contributed by atoms with van der Waals surface area (Å²) in [6.07, 6.45) is 5.79. The minimum atomic E-state index is -0.146. The van der Waals surface area contributed by atoms with Gasteiger partial charge in [0, 0.05) is 5.69 Å². The molecule has 2 amide bonds. The number of carbonyl (C=O) groups is 1. The van der Waals surface area contributed by atoms with Crippen LogP contribution in [0.15, 0.2) is 36.4 Å². The molecule has 1 aliphatic rings. The Hall–Kier alpha value is -2.29. The molecule has 0 fully saturated rings. The van der Waals surface area contributed by atoms with Gasteiger partial charge < -0.3 is 10.6 Å². The van der Waals surface area contributed by atoms with E-state index in [9.17, 15) is 4.79 Å². The minimum absolute atomic E-state index is 0.0405. The summed E-state index contributed by atoms with van der Waals surface area (Å²) >= 11 is 0. The van der Waals surface area contributed by atoms with E-state index in [1.165, 1.54) is 47.1 Å². The van der Waals surface area contributed by atoms with Crippen molar-refractivity contribution in [2.45, 2.75) is 58.9 Å². The fraction of sp³-hybridized carbons (Fsp3) is 0.409. The number of aryl methyl sites for hydroxylation is 4. The highest BCUT2D eigenvalue weighted by Crippen LogP contribution is 2.26. The molecule has 1 unspecified atom stereocenters. The van der Waals surface area contributed by atoms with Crippen LogP contribution in [0.3, 0.4) is 0 Å². The first kappa shape index (κ1) is 17.5. The summed E-state index contributed by atoms with van der Waals surface area (Å²) in [6, 6.07) is 12.6. The minimum Gasteiger partial charge on any atom is -0.331 e. The van der Waals surface area contributed by atoms with Gasteiger partial charge in [-0.15, -0.1) is 0 Å². The van der Waals surface area contributed by atoms with E-state index in [2.05, 4.69) is 49.6 Å². The van der Waals surface area contributed by atoms with Crippen LogP contribution in [0, 0.1) is 13.8 Å². The summed E-state index contributed by atoms with van der Waals surface area (Å²) in [7, 11) is 0. The number of hydrogen-bond donors (Lipinski definition) is 2. The molecule has 0 aliphatic heterocycles. The largest absolute Gasteiger partial charge is 0.331 e. The molecule has 0 spiro atoms. The van der Waals surface area contributed by atoms with Gasteiger partial charge in [-0.05, 0) is 85.9 Å². The van der Waals surface area contributed by atoms with E-state index in [1.807, 2.05) is 18.2 Å². The molecule has 0 radical (unpaired) electrons. The molecule has 132 valence electrons. The van der Waals surface area contributed by atoms with Crippen molar-refractivity contribution in [1.29, 1.82) is 0 Å². The Morgan fingerprint density at radius 1 is 1.00 bits per heavy atom. The summed E-state index contributed by atoms with van der Waals surface area (Å²) in [5, 5.41) is 6.08. The van der Waals surface area contributed by atoms with Crippen LogP contribution in [0.2, 0.25) is 0 Å². The van der Waals surface area contributed by atoms with Crippen LogP contribution in [-0.4, -0.2) is 6.03 Å². The number of amides is 2. The fourth-order valence-electron chi connectivity index (χ4n) is 3.54. The third-order valence-electron chi connectivity index (χ3n) is 5.25. The van der Waals surface area contributed by atoms with Crippen molar-refractivity contribution in [3.8, 4) is 0 Å². The van der Waals surface area contributed by atoms with Gasteiger partial charge in [-0.2, -0.15) is 0 Å². The Kier molecular flexibility index (Phi) is 5.42. The van der Waals surface area contributed by atoms with Crippen LogP contribution >= 0.6 is 0 Å². The van der Waals surface area contributed by atoms with Crippen LogP contribution in [0.5, 0.6) is 0 Å². The quantitative estimate of drug-likeness (QED) is 0.765. The second kappa shape index (κ2) is 7.73. The van der Waals surface area contributed by atoms with Crippen molar-refractivity contribution in [3.63, 3.8) is 0 Å². The Morgan fingerprint density at radius 2 is 1.76 bits per heavy atom. The topological polar surface area (TPSA) is 41.1 Å². The van der Waals surface area contributed by atoms with E-state index in [0.717, 1.165) is 18.5 Å². The molecule has 0 saturated carbocycles. The molecule has 3 heteroatoms. The predicted octanol–water partition coefficient (Wildman–Crippen LogP) is 5.46. The van der Waals surface area contributed by atoms with E-state index in [4.69, 9.17) is 0 Å². The third-order valence-corrected chi connectivity index (χ3v) is 5.25. The number of hydrogen-bond acceptors (Lipinski definition) is 1. The maximum absolute atomic E-state index is 12.4. The fourth-order valence-corrected chi connectivity index (χ4v) is 3.54. The molecule has 3 rings (SSSR count). The highest BCUT2D eigenvalue weighted by atomic mass is 16.2. The molecule has 0 aromatic heterocycles. The molecule has 0 bridgehead atoms. The average molecular weight is 336 g/mol. The lowest BCUT2D eigenvalue weighted by Gasteiger charge is -2.22. The highest BCUT2D eigenvalue weighted by Gasteiger charge is 2.16. The summed E-state index contributed by atoms with van der Waals surface area (Å²) < 4.78 is 0. The maximum atomic E-state index is 12.4. The zero-order chi connectivity index (χ0) is 17.8. The molecule has 2 N–H and O–H groups in total. The number of urea groups is 1. The van der Waals surface area contributed by atoms with Crippen molar-refractivity contribution >= 4 is 11.7 Å². The van der Waals surface area contributed by atoms with E-state index >= 15 is 0 Å². The van der Waals surface area contributed by atoms with E-state index < -0.39 is 0 Å². The van der Waals surface area contributed by atoms with Gasteiger partial charge in [0.05, 0.1) is 6.04 Å². The second-order valence-corrected chi connectivity index (χ2v) is 7.09. The number of rotatable bonds is 4. The standard InChI is InChI=1S/C22H28N2O/c1-4-21(19-11-10-17-7-5-6-8-18(17)14-19)24-22(25)23-20-12-9-15(2)16(3)13-20/h9-14,21H,4-8H2,1-3H3,(H2,23,24,25). The zero-order valence-corrected chi connectivity index (χ0v) is 15.5. The SMILES string of the molecule is CCC(NC(=O)Nc1ccc(C)c(C)c1)c1ccc2c(c1)CCCC2. The molecular formula is C22H28N2O. The van der Waals surface area contributed by atoms with Gasteiger partial charge in [-0.25, -0.2) is 4.79 Å². The van der Waals surface area contributed by atoms with E-state index in [-0.39, 0.29) is 12.1 Å². The number of anilines is 1. The number of nitrogens with one attached hydrogen (secondary N) is 2. The molecule has 1 atom stereocenters. The first-order chi connectivity index (χ1) is 12.1. The first-order valence-electron chi connectivity index (χ1n) is 9.33. The van der Waals surface area contributed by atoms with Crippen molar-refractivity contribution in [3.05, 3.63) is 64.2 Å². The molecule has 3 nitrogen and oxygen atoms in total. The normalized spacial score (nSPS) is 14.5. The number of benzene rings is 2. The molecule has 1 aliphatic carbocycles. The van der Waals surface area contributed by atoms with Crippen molar-refractivity contribution in [2.24, 2.45) is 0 Å². The number of fused-ring (bicyclic) bond motifs is 1. The van der Waals surface area contributed by atoms with Crippen LogP contribution in [-0.2, 0) is 12.8 Å². The Morgan fingerprint density at radius 3 is 2.48 bits per heavy atom. The average Bonchev–Trinajstić information content (AvgIpc) is 2.62. The summed E-state index contributed by atoms with van der Waals surface area (Å²) in [6.45, 7) is 6.24.